The van der Waals surface area contributed by atoms with Gasteiger partial charge in [-0.15, -0.1) is 0 Å². The minimum atomic E-state index is 0.130. The summed E-state index contributed by atoms with van der Waals surface area (Å²) in [6.07, 6.45) is 6.76. The third-order valence-corrected chi connectivity index (χ3v) is 3.05. The molecule has 1 aromatic carbocycles. The molecule has 0 aliphatic heterocycles. The van der Waals surface area contributed by atoms with Crippen molar-refractivity contribution in [1.29, 1.82) is 0 Å². The molecule has 1 heterocycles. The first kappa shape index (κ1) is 12.8. The molecule has 96 valence electrons. The van der Waals surface area contributed by atoms with E-state index in [9.17, 15) is 0 Å². The van der Waals surface area contributed by atoms with E-state index >= 15 is 0 Å². The first-order valence-electron chi connectivity index (χ1n) is 6.59. The Morgan fingerprint density at radius 1 is 1.22 bits per heavy atom. The van der Waals surface area contributed by atoms with Gasteiger partial charge in [-0.25, -0.2) is 4.98 Å². The Hall–Kier alpha value is -1.61. The topological polar surface area (TPSA) is 43.8 Å². The van der Waals surface area contributed by atoms with E-state index in [0.29, 0.717) is 0 Å². The molecule has 2 aromatic rings. The molecular weight excluding hydrogens is 222 g/mol. The number of hydrogen-bond acceptors (Lipinski definition) is 2. The Labute approximate surface area is 109 Å². The van der Waals surface area contributed by atoms with Gasteiger partial charge in [0.15, 0.2) is 0 Å². The Morgan fingerprint density at radius 2 is 2.00 bits per heavy atom. The van der Waals surface area contributed by atoms with E-state index in [1.807, 2.05) is 18.5 Å². The number of benzene rings is 1. The van der Waals surface area contributed by atoms with Gasteiger partial charge in [0.25, 0.3) is 0 Å². The van der Waals surface area contributed by atoms with Gasteiger partial charge in [0, 0.05) is 31.4 Å². The Bertz CT molecular complexity index is 462. The predicted octanol–water partition coefficient (Wildman–Crippen LogP) is 2.41. The Morgan fingerprint density at radius 3 is 2.72 bits per heavy atom. The van der Waals surface area contributed by atoms with E-state index in [1.54, 1.807) is 0 Å². The lowest BCUT2D eigenvalue weighted by Gasteiger charge is -2.12. The Kier molecular flexibility index (Phi) is 4.53. The van der Waals surface area contributed by atoms with E-state index in [-0.39, 0.29) is 6.04 Å². The van der Waals surface area contributed by atoms with Gasteiger partial charge in [0.05, 0.1) is 0 Å². The van der Waals surface area contributed by atoms with E-state index < -0.39 is 0 Å². The average Bonchev–Trinajstić information content (AvgIpc) is 2.78. The highest BCUT2D eigenvalue weighted by atomic mass is 15.1. The second kappa shape index (κ2) is 6.36. The second-order valence-corrected chi connectivity index (χ2v) is 4.69. The smallest absolute Gasteiger partial charge is 0.110 e. The van der Waals surface area contributed by atoms with Gasteiger partial charge in [0.1, 0.15) is 5.82 Å². The quantitative estimate of drug-likeness (QED) is 0.846. The third-order valence-electron chi connectivity index (χ3n) is 3.05. The van der Waals surface area contributed by atoms with E-state index in [4.69, 9.17) is 5.73 Å². The average molecular weight is 243 g/mol. The molecular formula is C15H21N3. The molecule has 0 saturated heterocycles. The van der Waals surface area contributed by atoms with Crippen LogP contribution in [0.25, 0.3) is 0 Å². The molecule has 0 aliphatic rings. The molecule has 0 saturated carbocycles. The molecule has 0 spiro atoms. The summed E-state index contributed by atoms with van der Waals surface area (Å²) >= 11 is 0. The van der Waals surface area contributed by atoms with Crippen LogP contribution in [-0.2, 0) is 19.4 Å². The molecule has 3 nitrogen and oxygen atoms in total. The summed E-state index contributed by atoms with van der Waals surface area (Å²) in [5.41, 5.74) is 7.50. The largest absolute Gasteiger partial charge is 0.335 e. The fraction of sp³-hybridized carbons (Fsp3) is 0.400. The fourth-order valence-electron chi connectivity index (χ4n) is 2.20. The van der Waals surface area contributed by atoms with Crippen LogP contribution in [0.15, 0.2) is 42.7 Å². The highest BCUT2D eigenvalue weighted by Crippen LogP contribution is 2.07. The second-order valence-electron chi connectivity index (χ2n) is 4.69. The first-order chi connectivity index (χ1) is 8.79. The van der Waals surface area contributed by atoms with Gasteiger partial charge in [-0.3, -0.25) is 0 Å². The Balaban J connectivity index is 1.94. The molecule has 2 N–H and O–H groups in total. The van der Waals surface area contributed by atoms with Crippen LogP contribution in [0.5, 0.6) is 0 Å². The monoisotopic (exact) mass is 243 g/mol. The third kappa shape index (κ3) is 3.44. The highest BCUT2D eigenvalue weighted by Gasteiger charge is 2.09. The normalized spacial score (nSPS) is 12.6. The van der Waals surface area contributed by atoms with Crippen molar-refractivity contribution in [2.75, 3.05) is 0 Å². The number of imidazole rings is 1. The minimum absolute atomic E-state index is 0.130. The molecule has 0 fully saturated rings. The number of rotatable bonds is 6. The van der Waals surface area contributed by atoms with Crippen LogP contribution in [0.4, 0.5) is 0 Å². The van der Waals surface area contributed by atoms with Crippen LogP contribution in [-0.4, -0.2) is 15.6 Å². The zero-order valence-electron chi connectivity index (χ0n) is 10.9. The lowest BCUT2D eigenvalue weighted by molar-refractivity contribution is 0.582. The van der Waals surface area contributed by atoms with Crippen LogP contribution in [0, 0.1) is 0 Å². The van der Waals surface area contributed by atoms with Crippen LogP contribution < -0.4 is 5.73 Å². The summed E-state index contributed by atoms with van der Waals surface area (Å²) in [5.74, 6) is 1.10. The van der Waals surface area contributed by atoms with Gasteiger partial charge < -0.3 is 10.3 Å². The molecule has 18 heavy (non-hydrogen) atoms. The van der Waals surface area contributed by atoms with Crippen LogP contribution >= 0.6 is 0 Å². The zero-order chi connectivity index (χ0) is 12.8. The number of aromatic nitrogens is 2. The summed E-state index contributed by atoms with van der Waals surface area (Å²) < 4.78 is 2.20. The predicted molar refractivity (Wildman–Crippen MR) is 74.3 cm³/mol. The molecule has 0 bridgehead atoms. The van der Waals surface area contributed by atoms with Crippen molar-refractivity contribution < 1.29 is 0 Å². The molecule has 1 unspecified atom stereocenters. The van der Waals surface area contributed by atoms with Crippen molar-refractivity contribution in [2.45, 2.75) is 38.8 Å². The molecule has 2 rings (SSSR count). The summed E-state index contributed by atoms with van der Waals surface area (Å²) in [4.78, 5) is 4.40. The number of hydrogen-bond donors (Lipinski definition) is 1. The molecule has 1 atom stereocenters. The van der Waals surface area contributed by atoms with Gasteiger partial charge in [-0.1, -0.05) is 37.3 Å². The van der Waals surface area contributed by atoms with Crippen molar-refractivity contribution in [3.63, 3.8) is 0 Å². The summed E-state index contributed by atoms with van der Waals surface area (Å²) in [7, 11) is 0. The van der Waals surface area contributed by atoms with E-state index in [1.165, 1.54) is 5.56 Å². The maximum absolute atomic E-state index is 6.21. The van der Waals surface area contributed by atoms with E-state index in [0.717, 1.165) is 31.6 Å². The number of nitrogens with two attached hydrogens (primary N) is 1. The standard InChI is InChI=1S/C15H21N3/c1-2-9-18-10-8-17-15(18)12-14(16)11-13-6-4-3-5-7-13/h3-8,10,14H,2,9,11-12,16H2,1H3. The first-order valence-corrected chi connectivity index (χ1v) is 6.59. The van der Waals surface area contributed by atoms with Crippen molar-refractivity contribution in [1.82, 2.24) is 9.55 Å². The van der Waals surface area contributed by atoms with Gasteiger partial charge in [-0.05, 0) is 18.4 Å². The number of aryl methyl sites for hydroxylation is 1. The fourth-order valence-corrected chi connectivity index (χ4v) is 2.20. The van der Waals surface area contributed by atoms with Crippen molar-refractivity contribution in [3.05, 3.63) is 54.1 Å². The highest BCUT2D eigenvalue weighted by molar-refractivity contribution is 5.16. The SMILES string of the molecule is CCCn1ccnc1CC(N)Cc1ccccc1. The van der Waals surface area contributed by atoms with Gasteiger partial charge in [-0.2, -0.15) is 0 Å². The van der Waals surface area contributed by atoms with Crippen LogP contribution in [0.3, 0.4) is 0 Å². The van der Waals surface area contributed by atoms with Crippen LogP contribution in [0.1, 0.15) is 24.7 Å². The summed E-state index contributed by atoms with van der Waals surface area (Å²) in [6, 6.07) is 10.5. The molecule has 0 aliphatic carbocycles. The van der Waals surface area contributed by atoms with E-state index in [2.05, 4.69) is 40.7 Å². The van der Waals surface area contributed by atoms with Gasteiger partial charge in [0.2, 0.25) is 0 Å². The molecule has 0 radical (unpaired) electrons. The maximum Gasteiger partial charge on any atom is 0.110 e. The molecule has 0 amide bonds. The summed E-state index contributed by atoms with van der Waals surface area (Å²) in [5, 5.41) is 0. The molecule has 3 heteroatoms. The lowest BCUT2D eigenvalue weighted by atomic mass is 10.0. The lowest BCUT2D eigenvalue weighted by Crippen LogP contribution is -2.27. The molecule has 1 aromatic heterocycles. The zero-order valence-corrected chi connectivity index (χ0v) is 10.9. The van der Waals surface area contributed by atoms with Crippen molar-refractivity contribution >= 4 is 0 Å². The van der Waals surface area contributed by atoms with Gasteiger partial charge >= 0.3 is 0 Å². The number of nitrogens with zero attached hydrogens (tertiary/aromatic N) is 2. The minimum Gasteiger partial charge on any atom is -0.335 e. The summed E-state index contributed by atoms with van der Waals surface area (Å²) in [6.45, 7) is 3.20. The maximum atomic E-state index is 6.21. The van der Waals surface area contributed by atoms with Crippen LogP contribution in [0.2, 0.25) is 0 Å². The van der Waals surface area contributed by atoms with Crippen molar-refractivity contribution in [3.8, 4) is 0 Å². The van der Waals surface area contributed by atoms with Crippen molar-refractivity contribution in [2.24, 2.45) is 5.73 Å².